The standard InChI is InChI=1S/C51H49BN4O5/c1-4-10-38(11-5-1)49-43-20-21-44(53-43)50(39-12-6-2-7-13-39)46-23-25-48-51(40-14-8-3-9-15-40)47-24-22-45(49)55(47)52(56(46)48)41-16-18-42(19-17-41)54-26-28-57-30-32-59-34-36-61-37-35-60-33-31-58-29-27-54/h1-25H,26-37H2. The van der Waals surface area contributed by atoms with Gasteiger partial charge in [0.25, 0.3) is 0 Å². The van der Waals surface area contributed by atoms with Crippen LogP contribution in [0.25, 0.3) is 16.7 Å². The molecule has 0 saturated carbocycles. The van der Waals surface area contributed by atoms with E-state index in [0.717, 1.165) is 74.5 Å². The van der Waals surface area contributed by atoms with Crippen molar-refractivity contribution in [2.75, 3.05) is 84.1 Å². The van der Waals surface area contributed by atoms with E-state index >= 15 is 0 Å². The number of nitrogens with zero attached hydrogens (tertiary/aromatic N) is 4. The first-order chi connectivity index (χ1) is 30.3. The molecule has 9 nitrogen and oxygen atoms in total. The Bertz CT molecular complexity index is 2670. The van der Waals surface area contributed by atoms with Crippen LogP contribution in [0.2, 0.25) is 0 Å². The Morgan fingerprint density at radius 1 is 0.410 bits per heavy atom. The highest BCUT2D eigenvalue weighted by atomic mass is 16.6. The number of fused-ring (bicyclic) bond motifs is 1. The van der Waals surface area contributed by atoms with Crippen LogP contribution in [0.5, 0.6) is 0 Å². The molecule has 0 aliphatic carbocycles. The van der Waals surface area contributed by atoms with Crippen molar-refractivity contribution in [3.05, 3.63) is 196 Å². The first kappa shape index (κ1) is 39.2. The molecule has 6 aromatic rings. The lowest BCUT2D eigenvalue weighted by Crippen LogP contribution is -2.57. The molecular formula is C51H49BN4O5. The van der Waals surface area contributed by atoms with Gasteiger partial charge in [0.15, 0.2) is 0 Å². The van der Waals surface area contributed by atoms with Gasteiger partial charge in [-0.25, -0.2) is 4.99 Å². The van der Waals surface area contributed by atoms with Gasteiger partial charge in [0.05, 0.1) is 77.5 Å². The van der Waals surface area contributed by atoms with Crippen molar-refractivity contribution in [2.45, 2.75) is 0 Å². The van der Waals surface area contributed by atoms with Crippen LogP contribution in [0.1, 0.15) is 28.1 Å². The maximum atomic E-state index is 6.04. The lowest BCUT2D eigenvalue weighted by molar-refractivity contribution is -0.0116. The summed E-state index contributed by atoms with van der Waals surface area (Å²) in [6.07, 6.45) is 4.38. The van der Waals surface area contributed by atoms with Gasteiger partial charge < -0.3 is 37.5 Å². The fourth-order valence-electron chi connectivity index (χ4n) is 8.95. The summed E-state index contributed by atoms with van der Waals surface area (Å²) in [5, 5.41) is 2.28. The number of hydrogen-bond donors (Lipinski definition) is 0. The number of rotatable bonds is 5. The van der Waals surface area contributed by atoms with Crippen molar-refractivity contribution >= 4 is 40.6 Å². The third kappa shape index (κ3) is 8.01. The van der Waals surface area contributed by atoms with E-state index in [9.17, 15) is 0 Å². The Balaban J connectivity index is 1.13. The van der Waals surface area contributed by atoms with Crippen molar-refractivity contribution in [1.29, 1.82) is 0 Å². The molecule has 0 N–H and O–H groups in total. The predicted molar refractivity (Wildman–Crippen MR) is 243 cm³/mol. The molecular weight excluding hydrogens is 759 g/mol. The van der Waals surface area contributed by atoms with Crippen LogP contribution < -0.4 is 21.1 Å². The van der Waals surface area contributed by atoms with Crippen LogP contribution >= 0.6 is 0 Å². The van der Waals surface area contributed by atoms with Crippen molar-refractivity contribution in [3.8, 4) is 0 Å². The molecule has 0 spiro atoms. The molecule has 0 amide bonds. The molecule has 4 aliphatic rings. The van der Waals surface area contributed by atoms with Crippen LogP contribution in [0.3, 0.4) is 0 Å². The summed E-state index contributed by atoms with van der Waals surface area (Å²) in [6.45, 7) is 6.67. The summed E-state index contributed by atoms with van der Waals surface area (Å²) < 4.78 is 34.2. The van der Waals surface area contributed by atoms with Gasteiger partial charge in [-0.1, -0.05) is 103 Å². The predicted octanol–water partition coefficient (Wildman–Crippen LogP) is 5.53. The van der Waals surface area contributed by atoms with Crippen molar-refractivity contribution in [2.24, 2.45) is 4.99 Å². The minimum absolute atomic E-state index is 0.213. The van der Waals surface area contributed by atoms with E-state index in [4.69, 9.17) is 28.7 Å². The quantitative estimate of drug-likeness (QED) is 0.214. The molecule has 61 heavy (non-hydrogen) atoms. The number of ether oxygens (including phenoxy) is 5. The second-order valence-electron chi connectivity index (χ2n) is 15.4. The highest BCUT2D eigenvalue weighted by Gasteiger charge is 2.37. The van der Waals surface area contributed by atoms with Gasteiger partial charge in [0, 0.05) is 57.6 Å². The summed E-state index contributed by atoms with van der Waals surface area (Å²) in [6, 6.07) is 50.6. The highest BCUT2D eigenvalue weighted by molar-refractivity contribution is 6.71. The van der Waals surface area contributed by atoms with Crippen LogP contribution in [0, 0.1) is 0 Å². The Morgan fingerprint density at radius 3 is 1.41 bits per heavy atom. The number of benzene rings is 4. The van der Waals surface area contributed by atoms with E-state index in [1.165, 1.54) is 16.6 Å². The molecule has 0 atom stereocenters. The number of hydrogen-bond acceptors (Lipinski definition) is 7. The minimum atomic E-state index is -0.213. The minimum Gasteiger partial charge on any atom is -0.377 e. The molecule has 10 heteroatoms. The van der Waals surface area contributed by atoms with Gasteiger partial charge >= 0.3 is 6.98 Å². The van der Waals surface area contributed by atoms with Crippen LogP contribution in [-0.4, -0.2) is 101 Å². The monoisotopic (exact) mass is 808 g/mol. The van der Waals surface area contributed by atoms with Gasteiger partial charge in [0.2, 0.25) is 0 Å². The lowest BCUT2D eigenvalue weighted by atomic mass is 9.64. The second-order valence-corrected chi connectivity index (χ2v) is 15.4. The summed E-state index contributed by atoms with van der Waals surface area (Å²) >= 11 is 0. The number of aromatic nitrogens is 2. The maximum absolute atomic E-state index is 6.04. The normalized spacial score (nSPS) is 17.9. The maximum Gasteiger partial charge on any atom is 0.420 e. The Hall–Kier alpha value is -6.01. The first-order valence-corrected chi connectivity index (χ1v) is 21.4. The van der Waals surface area contributed by atoms with Gasteiger partial charge in [0.1, 0.15) is 0 Å². The molecule has 0 radical (unpaired) electrons. The molecule has 306 valence electrons. The molecule has 6 heterocycles. The van der Waals surface area contributed by atoms with E-state index in [1.807, 2.05) is 0 Å². The zero-order chi connectivity index (χ0) is 40.8. The van der Waals surface area contributed by atoms with Crippen molar-refractivity contribution in [3.63, 3.8) is 0 Å². The molecule has 4 aliphatic heterocycles. The van der Waals surface area contributed by atoms with Crippen LogP contribution in [-0.2, 0) is 23.7 Å². The van der Waals surface area contributed by atoms with E-state index in [0.29, 0.717) is 66.1 Å². The SMILES string of the molecule is C1=CC2=C(c3ccccc3)c3ccc4n3B(c3ccc(N5CCOCCOCCOCCOCCOCC5)cc3)n3c(ccc3=C4c3ccccc3)=C(c3ccccc3)C1=N2. The Labute approximate surface area is 357 Å². The zero-order valence-electron chi connectivity index (χ0n) is 34.3. The van der Waals surface area contributed by atoms with Crippen LogP contribution in [0.4, 0.5) is 5.69 Å². The smallest absolute Gasteiger partial charge is 0.377 e. The molecule has 4 bridgehead atoms. The Kier molecular flexibility index (Phi) is 11.8. The third-order valence-electron chi connectivity index (χ3n) is 11.7. The molecule has 1 saturated heterocycles. The summed E-state index contributed by atoms with van der Waals surface area (Å²) in [5.74, 6) is 0. The summed E-state index contributed by atoms with van der Waals surface area (Å²) in [4.78, 5) is 7.79. The number of anilines is 1. The van der Waals surface area contributed by atoms with E-state index < -0.39 is 0 Å². The molecule has 1 fully saturated rings. The van der Waals surface area contributed by atoms with Crippen LogP contribution in [0.15, 0.2) is 162 Å². The van der Waals surface area contributed by atoms with Gasteiger partial charge in [-0.2, -0.15) is 0 Å². The molecule has 0 unspecified atom stereocenters. The number of allylic oxidation sites excluding steroid dienone is 2. The fraction of sp³-hybridized carbons (Fsp3) is 0.235. The van der Waals surface area contributed by atoms with Gasteiger partial charge in [-0.05, 0) is 70.7 Å². The average Bonchev–Trinajstić information content (AvgIpc) is 4.07. The summed E-state index contributed by atoms with van der Waals surface area (Å²) in [5.41, 5.74) is 13.3. The van der Waals surface area contributed by atoms with Crippen molar-refractivity contribution in [1.82, 2.24) is 8.96 Å². The Morgan fingerprint density at radius 2 is 0.869 bits per heavy atom. The van der Waals surface area contributed by atoms with Crippen molar-refractivity contribution < 1.29 is 23.7 Å². The third-order valence-corrected chi connectivity index (χ3v) is 11.7. The lowest BCUT2D eigenvalue weighted by Gasteiger charge is -2.31. The molecule has 10 rings (SSSR count). The average molecular weight is 809 g/mol. The van der Waals surface area contributed by atoms with Gasteiger partial charge in [-0.3, -0.25) is 0 Å². The van der Waals surface area contributed by atoms with E-state index in [1.54, 1.807) is 0 Å². The first-order valence-electron chi connectivity index (χ1n) is 21.4. The zero-order valence-corrected chi connectivity index (χ0v) is 34.3. The molecule has 2 aromatic heterocycles. The van der Waals surface area contributed by atoms with E-state index in [-0.39, 0.29) is 6.98 Å². The summed E-state index contributed by atoms with van der Waals surface area (Å²) in [7, 11) is 0. The van der Waals surface area contributed by atoms with Gasteiger partial charge in [-0.15, -0.1) is 0 Å². The van der Waals surface area contributed by atoms with E-state index in [2.05, 4.69) is 166 Å². The topological polar surface area (TPSA) is 71.6 Å². The second kappa shape index (κ2) is 18.3. The highest BCUT2D eigenvalue weighted by Crippen LogP contribution is 2.37. The molecule has 4 aromatic carbocycles. The fourth-order valence-corrected chi connectivity index (χ4v) is 8.95. The largest absolute Gasteiger partial charge is 0.420 e. The number of aliphatic imine (C=N–C) groups is 1.